The molecule has 0 fully saturated rings. The normalized spacial score (nSPS) is 12.6. The lowest BCUT2D eigenvalue weighted by atomic mass is 9.63. The monoisotopic (exact) mass is 267 g/mol. The van der Waals surface area contributed by atoms with E-state index in [0.717, 1.165) is 10.5 Å². The molecule has 0 aliphatic heterocycles. The van der Waals surface area contributed by atoms with Gasteiger partial charge in [-0.2, -0.15) is 0 Å². The van der Waals surface area contributed by atoms with Gasteiger partial charge in [0.05, 0.1) is 16.2 Å². The molecule has 1 aromatic rings. The molecule has 1 heterocycles. The van der Waals surface area contributed by atoms with Crippen molar-refractivity contribution in [1.82, 2.24) is 4.98 Å². The van der Waals surface area contributed by atoms with Crippen molar-refractivity contribution in [1.29, 1.82) is 0 Å². The summed E-state index contributed by atoms with van der Waals surface area (Å²) in [6.45, 7) is 9.18. The fourth-order valence-electron chi connectivity index (χ4n) is 1.41. The second-order valence-electron chi connectivity index (χ2n) is 5.46. The summed E-state index contributed by atoms with van der Waals surface area (Å²) >= 11 is 1.61. The quantitative estimate of drug-likeness (QED) is 0.656. The molecule has 0 unspecified atom stereocenters. The number of aromatic nitrogens is 1. The average molecular weight is 267 g/mol. The number of nitrogens with zero attached hydrogens (tertiary/aromatic N) is 1. The van der Waals surface area contributed by atoms with Crippen molar-refractivity contribution in [2.45, 2.75) is 50.7 Å². The van der Waals surface area contributed by atoms with Crippen LogP contribution in [0.25, 0.3) is 0 Å². The van der Waals surface area contributed by atoms with Crippen LogP contribution in [0.4, 0.5) is 0 Å². The molecule has 0 radical (unpaired) electrons. The van der Waals surface area contributed by atoms with Gasteiger partial charge in [0.1, 0.15) is 0 Å². The first-order valence-corrected chi connectivity index (χ1v) is 7.30. The number of pyridine rings is 1. The Kier molecular flexibility index (Phi) is 4.87. The van der Waals surface area contributed by atoms with Crippen molar-refractivity contribution in [2.24, 2.45) is 0 Å². The molecule has 0 saturated carbocycles. The van der Waals surface area contributed by atoms with Crippen molar-refractivity contribution in [2.75, 3.05) is 6.26 Å². The third-order valence-corrected chi connectivity index (χ3v) is 4.04. The molecule has 3 nitrogen and oxygen atoms in total. The van der Waals surface area contributed by atoms with Crippen LogP contribution in [0, 0.1) is 0 Å². The topological polar surface area (TPSA) is 42.4 Å². The first-order valence-electron chi connectivity index (χ1n) is 6.07. The molecule has 100 valence electrons. The minimum Gasteiger partial charge on any atom is -0.423 e. The van der Waals surface area contributed by atoms with Gasteiger partial charge in [-0.3, -0.25) is 4.98 Å². The van der Waals surface area contributed by atoms with E-state index in [1.165, 1.54) is 0 Å². The van der Waals surface area contributed by atoms with E-state index in [2.05, 4.69) is 4.98 Å². The second-order valence-corrected chi connectivity index (χ2v) is 6.29. The van der Waals surface area contributed by atoms with Crippen molar-refractivity contribution in [3.05, 3.63) is 18.3 Å². The van der Waals surface area contributed by atoms with Crippen LogP contribution in [0.2, 0.25) is 6.82 Å². The van der Waals surface area contributed by atoms with Gasteiger partial charge in [-0.25, -0.2) is 0 Å². The van der Waals surface area contributed by atoms with Crippen LogP contribution < -0.4 is 5.46 Å². The molecular formula is C13H22BNO2S. The minimum absolute atomic E-state index is 0.102. The van der Waals surface area contributed by atoms with Gasteiger partial charge in [-0.1, -0.05) is 12.9 Å². The predicted molar refractivity (Wildman–Crippen MR) is 78.7 cm³/mol. The molecule has 18 heavy (non-hydrogen) atoms. The first-order chi connectivity index (χ1) is 8.17. The number of thioether (sulfide) groups is 1. The Morgan fingerprint density at radius 3 is 2.28 bits per heavy atom. The summed E-state index contributed by atoms with van der Waals surface area (Å²) in [5.41, 5.74) is -0.497. The van der Waals surface area contributed by atoms with Crippen LogP contribution >= 0.6 is 11.8 Å². The summed E-state index contributed by atoms with van der Waals surface area (Å²) in [5.74, 6) is 0. The average Bonchev–Trinajstić information content (AvgIpc) is 2.27. The van der Waals surface area contributed by atoms with Gasteiger partial charge >= 0.3 is 6.92 Å². The van der Waals surface area contributed by atoms with Crippen LogP contribution in [-0.4, -0.2) is 34.5 Å². The first kappa shape index (κ1) is 15.5. The van der Waals surface area contributed by atoms with E-state index >= 15 is 0 Å². The van der Waals surface area contributed by atoms with E-state index < -0.39 is 11.2 Å². The molecule has 0 spiro atoms. The SMILES string of the molecule is CSc1ccc(B(C)OC(C)(C)C(C)(C)O)cn1. The summed E-state index contributed by atoms with van der Waals surface area (Å²) in [4.78, 5) is 4.33. The van der Waals surface area contributed by atoms with Gasteiger partial charge in [0.2, 0.25) is 0 Å². The highest BCUT2D eigenvalue weighted by atomic mass is 32.2. The van der Waals surface area contributed by atoms with Gasteiger partial charge in [0.15, 0.2) is 0 Å². The van der Waals surface area contributed by atoms with Gasteiger partial charge in [-0.05, 0) is 45.5 Å². The molecule has 0 atom stereocenters. The minimum atomic E-state index is -0.895. The van der Waals surface area contributed by atoms with Gasteiger partial charge < -0.3 is 9.76 Å². The highest BCUT2D eigenvalue weighted by molar-refractivity contribution is 7.98. The third kappa shape index (κ3) is 3.74. The third-order valence-electron chi connectivity index (χ3n) is 3.38. The van der Waals surface area contributed by atoms with E-state index in [0.29, 0.717) is 0 Å². The van der Waals surface area contributed by atoms with Crippen LogP contribution in [0.1, 0.15) is 27.7 Å². The Morgan fingerprint density at radius 1 is 1.28 bits per heavy atom. The van der Waals surface area contributed by atoms with E-state index in [4.69, 9.17) is 4.65 Å². The Bertz CT molecular complexity index is 387. The molecule has 0 aliphatic rings. The van der Waals surface area contributed by atoms with Gasteiger partial charge in [-0.15, -0.1) is 11.8 Å². The summed E-state index contributed by atoms with van der Waals surface area (Å²) in [7, 11) is 0. The maximum absolute atomic E-state index is 10.1. The maximum atomic E-state index is 10.1. The molecule has 5 heteroatoms. The summed E-state index contributed by atoms with van der Waals surface area (Å²) in [6, 6.07) is 4.00. The zero-order chi connectivity index (χ0) is 14.0. The highest BCUT2D eigenvalue weighted by Gasteiger charge is 2.38. The maximum Gasteiger partial charge on any atom is 0.325 e. The van der Waals surface area contributed by atoms with Gasteiger partial charge in [0.25, 0.3) is 0 Å². The van der Waals surface area contributed by atoms with E-state index in [1.54, 1.807) is 25.6 Å². The standard InChI is InChI=1S/C13H22BNO2S/c1-12(2,16)13(3,4)17-14(5)10-7-8-11(18-6)15-9-10/h7-9,16H,1-6H3. The highest BCUT2D eigenvalue weighted by Crippen LogP contribution is 2.25. The number of hydrogen-bond acceptors (Lipinski definition) is 4. The Labute approximate surface area is 114 Å². The van der Waals surface area contributed by atoms with E-state index in [9.17, 15) is 5.11 Å². The van der Waals surface area contributed by atoms with Crippen molar-refractivity contribution in [3.63, 3.8) is 0 Å². The lowest BCUT2D eigenvalue weighted by molar-refractivity contribution is -0.0918. The van der Waals surface area contributed by atoms with Crippen LogP contribution in [0.5, 0.6) is 0 Å². The number of hydrogen-bond donors (Lipinski definition) is 1. The molecule has 0 saturated heterocycles. The summed E-state index contributed by atoms with van der Waals surface area (Å²) in [5, 5.41) is 11.1. The van der Waals surface area contributed by atoms with Crippen LogP contribution in [0.3, 0.4) is 0 Å². The molecule has 0 amide bonds. The van der Waals surface area contributed by atoms with Crippen LogP contribution in [-0.2, 0) is 4.65 Å². The van der Waals surface area contributed by atoms with Crippen LogP contribution in [0.15, 0.2) is 23.4 Å². The molecule has 0 bridgehead atoms. The summed E-state index contributed by atoms with van der Waals surface area (Å²) in [6.07, 6.45) is 3.83. The Balaban J connectivity index is 2.78. The van der Waals surface area contributed by atoms with E-state index in [1.807, 2.05) is 45.3 Å². The summed E-state index contributed by atoms with van der Waals surface area (Å²) < 4.78 is 5.96. The Morgan fingerprint density at radius 2 is 1.89 bits per heavy atom. The second kappa shape index (κ2) is 5.64. The zero-order valence-corrected chi connectivity index (χ0v) is 12.8. The molecule has 1 rings (SSSR count). The molecule has 1 N–H and O–H groups in total. The predicted octanol–water partition coefficient (Wildman–Crippen LogP) is 2.20. The van der Waals surface area contributed by atoms with Crippen molar-refractivity contribution in [3.8, 4) is 0 Å². The Hall–Kier alpha value is -0.515. The molecule has 0 aliphatic carbocycles. The van der Waals surface area contributed by atoms with Crippen molar-refractivity contribution >= 4 is 24.1 Å². The van der Waals surface area contributed by atoms with Gasteiger partial charge in [0, 0.05) is 6.20 Å². The fraction of sp³-hybridized carbons (Fsp3) is 0.615. The number of aliphatic hydroxyl groups is 1. The smallest absolute Gasteiger partial charge is 0.325 e. The van der Waals surface area contributed by atoms with E-state index in [-0.39, 0.29) is 6.92 Å². The largest absolute Gasteiger partial charge is 0.423 e. The molecular weight excluding hydrogens is 245 g/mol. The zero-order valence-electron chi connectivity index (χ0n) is 12.0. The lowest BCUT2D eigenvalue weighted by Crippen LogP contribution is -2.52. The lowest BCUT2D eigenvalue weighted by Gasteiger charge is -2.39. The molecule has 0 aromatic carbocycles. The van der Waals surface area contributed by atoms with Crippen molar-refractivity contribution < 1.29 is 9.76 Å². The molecule has 1 aromatic heterocycles. The fourth-order valence-corrected chi connectivity index (χ4v) is 1.77. The number of rotatable bonds is 5.